The van der Waals surface area contributed by atoms with Crippen LogP contribution in [0.5, 0.6) is 0 Å². The lowest BCUT2D eigenvalue weighted by Gasteiger charge is -2.08. The highest BCUT2D eigenvalue weighted by molar-refractivity contribution is 7.99. The molecule has 1 saturated carbocycles. The van der Waals surface area contributed by atoms with E-state index in [2.05, 4.69) is 47.4 Å². The van der Waals surface area contributed by atoms with Gasteiger partial charge in [0.05, 0.1) is 0 Å². The molecule has 2 heteroatoms. The molecule has 0 aliphatic heterocycles. The molecule has 1 aliphatic rings. The van der Waals surface area contributed by atoms with Crippen LogP contribution in [-0.2, 0) is 6.54 Å². The Morgan fingerprint density at radius 1 is 1.12 bits per heavy atom. The molecule has 1 fully saturated rings. The maximum atomic E-state index is 3.51. The van der Waals surface area contributed by atoms with Gasteiger partial charge in [-0.05, 0) is 30.1 Å². The van der Waals surface area contributed by atoms with Gasteiger partial charge in [-0.25, -0.2) is 0 Å². The van der Waals surface area contributed by atoms with E-state index < -0.39 is 0 Å². The van der Waals surface area contributed by atoms with E-state index in [4.69, 9.17) is 0 Å². The molecule has 0 atom stereocenters. The lowest BCUT2D eigenvalue weighted by Crippen LogP contribution is -2.17. The smallest absolute Gasteiger partial charge is 0.0205 e. The number of hydrogen-bond acceptors (Lipinski definition) is 2. The predicted octanol–water partition coefficient (Wildman–Crippen LogP) is 3.70. The second kappa shape index (κ2) is 7.78. The van der Waals surface area contributed by atoms with Gasteiger partial charge in [-0.2, -0.15) is 11.8 Å². The van der Waals surface area contributed by atoms with Gasteiger partial charge in [-0.15, -0.1) is 0 Å². The minimum absolute atomic E-state index is 1.00. The first-order valence-corrected chi connectivity index (χ1v) is 7.93. The van der Waals surface area contributed by atoms with E-state index in [1.807, 2.05) is 0 Å². The first-order valence-electron chi connectivity index (χ1n) is 6.77. The minimum Gasteiger partial charge on any atom is -0.312 e. The summed E-state index contributed by atoms with van der Waals surface area (Å²) in [5, 5.41) is 3.51. The summed E-state index contributed by atoms with van der Waals surface area (Å²) in [6.45, 7) is 2.14. The first-order chi connectivity index (χ1) is 8.45. The van der Waals surface area contributed by atoms with Gasteiger partial charge in [0.1, 0.15) is 0 Å². The van der Waals surface area contributed by atoms with Gasteiger partial charge in [-0.1, -0.05) is 43.2 Å². The van der Waals surface area contributed by atoms with Gasteiger partial charge in [0.25, 0.3) is 0 Å². The zero-order chi connectivity index (χ0) is 11.8. The van der Waals surface area contributed by atoms with Crippen LogP contribution in [0.3, 0.4) is 0 Å². The lowest BCUT2D eigenvalue weighted by atomic mass is 10.1. The van der Waals surface area contributed by atoms with Crippen LogP contribution >= 0.6 is 11.8 Å². The van der Waals surface area contributed by atoms with Crippen molar-refractivity contribution in [3.05, 3.63) is 35.9 Å². The largest absolute Gasteiger partial charge is 0.312 e. The van der Waals surface area contributed by atoms with Crippen LogP contribution in [-0.4, -0.2) is 18.1 Å². The Labute approximate surface area is 109 Å². The third-order valence-corrected chi connectivity index (χ3v) is 4.62. The van der Waals surface area contributed by atoms with Crippen molar-refractivity contribution in [3.63, 3.8) is 0 Å². The molecule has 0 amide bonds. The lowest BCUT2D eigenvalue weighted by molar-refractivity contribution is 0.622. The monoisotopic (exact) mass is 249 g/mol. The second-order valence-corrected chi connectivity index (χ2v) is 6.04. The van der Waals surface area contributed by atoms with Crippen molar-refractivity contribution in [1.82, 2.24) is 5.32 Å². The van der Waals surface area contributed by atoms with Crippen LogP contribution in [0, 0.1) is 5.92 Å². The van der Waals surface area contributed by atoms with Crippen LogP contribution in [0.15, 0.2) is 30.3 Å². The molecule has 0 bridgehead atoms. The molecule has 1 nitrogen and oxygen atoms in total. The van der Waals surface area contributed by atoms with E-state index in [0.717, 1.165) is 19.0 Å². The number of thioether (sulfide) groups is 1. The summed E-state index contributed by atoms with van der Waals surface area (Å²) < 4.78 is 0. The third kappa shape index (κ3) is 5.13. The zero-order valence-corrected chi connectivity index (χ0v) is 11.3. The Hall–Kier alpha value is -0.470. The number of benzene rings is 1. The molecule has 94 valence electrons. The zero-order valence-electron chi connectivity index (χ0n) is 10.5. The van der Waals surface area contributed by atoms with Crippen molar-refractivity contribution in [2.75, 3.05) is 18.1 Å². The minimum atomic E-state index is 1.00. The summed E-state index contributed by atoms with van der Waals surface area (Å²) in [5.74, 6) is 3.66. The van der Waals surface area contributed by atoms with Crippen molar-refractivity contribution in [2.45, 2.75) is 32.2 Å². The van der Waals surface area contributed by atoms with Crippen molar-refractivity contribution in [1.29, 1.82) is 0 Å². The quantitative estimate of drug-likeness (QED) is 0.740. The maximum Gasteiger partial charge on any atom is 0.0205 e. The molecule has 1 aromatic rings. The van der Waals surface area contributed by atoms with E-state index in [0.29, 0.717) is 0 Å². The van der Waals surface area contributed by atoms with E-state index in [1.165, 1.54) is 42.8 Å². The standard InChI is InChI=1S/C15H23NS/c1-2-6-14(7-3-1)12-16-10-11-17-13-15-8-4-5-9-15/h1-3,6-7,15-16H,4-5,8-13H2. The molecule has 2 rings (SSSR count). The van der Waals surface area contributed by atoms with Gasteiger partial charge in [-0.3, -0.25) is 0 Å². The summed E-state index contributed by atoms with van der Waals surface area (Å²) in [5.41, 5.74) is 1.38. The second-order valence-electron chi connectivity index (χ2n) is 4.89. The summed E-state index contributed by atoms with van der Waals surface area (Å²) in [4.78, 5) is 0. The predicted molar refractivity (Wildman–Crippen MR) is 77.4 cm³/mol. The highest BCUT2D eigenvalue weighted by Gasteiger charge is 2.13. The van der Waals surface area contributed by atoms with Crippen LogP contribution in [0.2, 0.25) is 0 Å². The van der Waals surface area contributed by atoms with E-state index in [1.54, 1.807) is 0 Å². The summed E-state index contributed by atoms with van der Waals surface area (Å²) in [6.07, 6.45) is 5.89. The molecule has 0 aromatic heterocycles. The average molecular weight is 249 g/mol. The average Bonchev–Trinajstić information content (AvgIpc) is 2.88. The summed E-state index contributed by atoms with van der Waals surface area (Å²) >= 11 is 2.12. The van der Waals surface area contributed by atoms with Crippen molar-refractivity contribution < 1.29 is 0 Å². The topological polar surface area (TPSA) is 12.0 Å². The molecule has 0 spiro atoms. The Morgan fingerprint density at radius 3 is 2.65 bits per heavy atom. The number of nitrogens with one attached hydrogen (secondary N) is 1. The molecule has 0 unspecified atom stereocenters. The molecule has 1 N–H and O–H groups in total. The summed E-state index contributed by atoms with van der Waals surface area (Å²) in [7, 11) is 0. The number of rotatable bonds is 7. The van der Waals surface area contributed by atoms with E-state index >= 15 is 0 Å². The van der Waals surface area contributed by atoms with Crippen LogP contribution in [0.4, 0.5) is 0 Å². The summed E-state index contributed by atoms with van der Waals surface area (Å²) in [6, 6.07) is 10.6. The Morgan fingerprint density at radius 2 is 1.88 bits per heavy atom. The fourth-order valence-electron chi connectivity index (χ4n) is 2.40. The molecule has 0 heterocycles. The van der Waals surface area contributed by atoms with E-state index in [9.17, 15) is 0 Å². The van der Waals surface area contributed by atoms with Gasteiger partial charge in [0.15, 0.2) is 0 Å². The van der Waals surface area contributed by atoms with Crippen LogP contribution in [0.25, 0.3) is 0 Å². The Balaban J connectivity index is 1.46. The normalized spacial score (nSPS) is 16.5. The fourth-order valence-corrected chi connectivity index (χ4v) is 3.52. The van der Waals surface area contributed by atoms with Gasteiger partial charge >= 0.3 is 0 Å². The van der Waals surface area contributed by atoms with Gasteiger partial charge in [0.2, 0.25) is 0 Å². The molecular formula is C15H23NS. The number of hydrogen-bond donors (Lipinski definition) is 1. The van der Waals surface area contributed by atoms with Crippen LogP contribution < -0.4 is 5.32 Å². The maximum absolute atomic E-state index is 3.51. The fraction of sp³-hybridized carbons (Fsp3) is 0.600. The Bertz CT molecular complexity index is 293. The molecule has 17 heavy (non-hydrogen) atoms. The van der Waals surface area contributed by atoms with Crippen molar-refractivity contribution >= 4 is 11.8 Å². The van der Waals surface area contributed by atoms with E-state index in [-0.39, 0.29) is 0 Å². The SMILES string of the molecule is c1ccc(CNCCSCC2CCCC2)cc1. The highest BCUT2D eigenvalue weighted by Crippen LogP contribution is 2.27. The molecule has 0 radical (unpaired) electrons. The highest BCUT2D eigenvalue weighted by atomic mass is 32.2. The third-order valence-electron chi connectivity index (χ3n) is 3.42. The first kappa shape index (κ1) is 13.0. The molecule has 1 aliphatic carbocycles. The van der Waals surface area contributed by atoms with Crippen molar-refractivity contribution in [2.24, 2.45) is 5.92 Å². The Kier molecular flexibility index (Phi) is 5.94. The van der Waals surface area contributed by atoms with Gasteiger partial charge < -0.3 is 5.32 Å². The van der Waals surface area contributed by atoms with Crippen LogP contribution in [0.1, 0.15) is 31.2 Å². The molecule has 1 aromatic carbocycles. The van der Waals surface area contributed by atoms with Gasteiger partial charge in [0, 0.05) is 18.8 Å². The van der Waals surface area contributed by atoms with Crippen molar-refractivity contribution in [3.8, 4) is 0 Å². The molecular weight excluding hydrogens is 226 g/mol. The molecule has 0 saturated heterocycles.